The molecule has 4 aliphatic heterocycles. The number of nitrogens with zero attached hydrogens (tertiary/aromatic N) is 5. The molecule has 4 saturated heterocycles. The number of piperazine rings is 2. The average Bonchev–Trinajstić information content (AvgIpc) is 1.11. The Hall–Kier alpha value is -2.10. The molecule has 0 aliphatic carbocycles. The van der Waals surface area contributed by atoms with E-state index in [1.54, 1.807) is 52.0 Å². The fourth-order valence-corrected chi connectivity index (χ4v) is 5.37. The summed E-state index contributed by atoms with van der Waals surface area (Å²) >= 11 is 8.19. The Bertz CT molecular complexity index is 1630. The van der Waals surface area contributed by atoms with Crippen molar-refractivity contribution in [2.24, 2.45) is 0 Å². The molecule has 4 aromatic rings. The zero-order valence-electron chi connectivity index (χ0n) is 54.5. The monoisotopic (exact) mass is 1540 g/mol. The van der Waals surface area contributed by atoms with Gasteiger partial charge < -0.3 is 44.9 Å². The third-order valence-electron chi connectivity index (χ3n) is 9.10. The number of carboxylic acid groups (broad SMARTS) is 1. The van der Waals surface area contributed by atoms with Gasteiger partial charge in [0.05, 0.1) is 0 Å². The first-order chi connectivity index (χ1) is 40.3. The number of hydrogen-bond acceptors (Lipinski definition) is 14. The summed E-state index contributed by atoms with van der Waals surface area (Å²) in [5.74, 6) is 0.758. The molecule has 0 bridgehead atoms. The van der Waals surface area contributed by atoms with Gasteiger partial charge in [-0.3, -0.25) is 29.0 Å². The van der Waals surface area contributed by atoms with E-state index in [0.717, 1.165) is 91.5 Å². The summed E-state index contributed by atoms with van der Waals surface area (Å²) in [5.41, 5.74) is 0. The quantitative estimate of drug-likeness (QED) is 0.0809. The second-order valence-electron chi connectivity index (χ2n) is 16.3. The molecule has 4 aliphatic rings. The van der Waals surface area contributed by atoms with Crippen LogP contribution in [0.3, 0.4) is 0 Å². The van der Waals surface area contributed by atoms with E-state index in [-0.39, 0.29) is 133 Å². The second-order valence-corrected chi connectivity index (χ2v) is 18.7. The number of aliphatic carboxylic acids is 1. The molecule has 4 heterocycles. The summed E-state index contributed by atoms with van der Waals surface area (Å²) in [4.78, 5) is 69.9. The summed E-state index contributed by atoms with van der Waals surface area (Å²) in [6.45, 7) is 23.7. The van der Waals surface area contributed by atoms with Gasteiger partial charge in [0, 0.05) is 199 Å². The first-order valence-corrected chi connectivity index (χ1v) is 33.8. The molecule has 8 radical (unpaired) electrons. The number of halogens is 1. The van der Waals surface area contributed by atoms with Gasteiger partial charge in [0.25, 0.3) is 5.97 Å². The molecule has 0 unspecified atom stereocenters. The minimum absolute atomic E-state index is 0. The van der Waals surface area contributed by atoms with Crippen LogP contribution in [-0.4, -0.2) is 253 Å². The van der Waals surface area contributed by atoms with Gasteiger partial charge in [-0.25, -0.2) is 0 Å². The van der Waals surface area contributed by atoms with Crippen LogP contribution in [-0.2, 0) is 94.2 Å². The number of benzene rings is 4. The van der Waals surface area contributed by atoms with Crippen molar-refractivity contribution < 1.29 is 110 Å². The molecule has 8 rings (SSSR count). The normalized spacial score (nSPS) is 11.7. The molecule has 0 spiro atoms. The van der Waals surface area contributed by atoms with E-state index in [1.165, 1.54) is 13.8 Å². The first kappa shape index (κ1) is 126. The number of hydrogen-bond donors (Lipinski definition) is 4. The van der Waals surface area contributed by atoms with Crippen molar-refractivity contribution in [3.63, 3.8) is 0 Å². The maximum Gasteiger partial charge on any atom is 0.300 e. The number of amides is 3. The number of carbonyl (C=O) groups excluding carboxylic acids is 5. The number of rotatable bonds is 6. The van der Waals surface area contributed by atoms with Gasteiger partial charge in [-0.15, -0.1) is 0 Å². The number of alkyl halides is 1. The summed E-state index contributed by atoms with van der Waals surface area (Å²) in [6.07, 6.45) is 15.4. The summed E-state index contributed by atoms with van der Waals surface area (Å²) < 4.78 is 0. The van der Waals surface area contributed by atoms with Gasteiger partial charge in [0.1, 0.15) is 13.2 Å². The third kappa shape index (κ3) is 113. The van der Waals surface area contributed by atoms with Gasteiger partial charge in [0.15, 0.2) is 11.6 Å². The summed E-state index contributed by atoms with van der Waals surface area (Å²) in [5, 5.41) is 26.3. The number of carboxylic acids is 1. The van der Waals surface area contributed by atoms with Crippen LogP contribution in [0.4, 0.5) is 0 Å². The summed E-state index contributed by atoms with van der Waals surface area (Å²) in [6, 6.07) is 49.2. The molecule has 516 valence electrons. The number of likely N-dealkylation sites (tertiary alicyclic amines) is 1. The van der Waals surface area contributed by atoms with Crippen molar-refractivity contribution in [2.75, 3.05) is 135 Å². The number of ketones is 2. The number of nitrogens with one attached hydrogen (secondary N) is 1. The van der Waals surface area contributed by atoms with Crippen LogP contribution >= 0.6 is 51.2 Å². The van der Waals surface area contributed by atoms with Crippen LogP contribution in [0.15, 0.2) is 146 Å². The molecule has 4 aromatic carbocycles. The fraction of sp³-hybridized carbons (Fsp3) is 0.545. The van der Waals surface area contributed by atoms with Crippen LogP contribution in [0.1, 0.15) is 92.5 Å². The van der Waals surface area contributed by atoms with Crippen molar-refractivity contribution >= 4 is 117 Å². The zero-order chi connectivity index (χ0) is 66.0. The second kappa shape index (κ2) is 109. The Morgan fingerprint density at radius 2 is 0.615 bits per heavy atom. The minimum atomic E-state index is -0.833. The number of thioether (sulfide) groups is 3. The molecule has 3 amide bonds. The fourth-order valence-electron chi connectivity index (χ4n) is 5.37. The Balaban J connectivity index is -0.0000000539. The molecule has 91 heavy (non-hydrogen) atoms. The van der Waals surface area contributed by atoms with E-state index in [9.17, 15) is 24.0 Å². The van der Waals surface area contributed by atoms with Crippen molar-refractivity contribution in [2.45, 2.75) is 105 Å². The van der Waals surface area contributed by atoms with E-state index in [1.807, 2.05) is 234 Å². The largest absolute Gasteiger partial charge is 0.520 e. The SMILES string of the molecule is C.C.C.C.C.CBr.CC.CC.CC(=O)CO.CC(=O)CO.CC(=O)N1CC(N2CCN([C-]=O)CC2)C1.CC(=O)O.CSC.CSC.CSC.O=[C-]N1CCN(C2CNC2)CC1.[B]B([B])[B].[Y].[Y].c1ccccc1.c1ccccc1.c1ccccc1.c1ccccc1. The molecule has 0 saturated carbocycles. The predicted molar refractivity (Wildman–Crippen MR) is 408 cm³/mol. The molecule has 0 aromatic heterocycles. The van der Waals surface area contributed by atoms with E-state index in [0.29, 0.717) is 6.04 Å². The van der Waals surface area contributed by atoms with Crippen molar-refractivity contribution in [3.8, 4) is 0 Å². The topological polar surface area (TPSA) is 191 Å². The van der Waals surface area contributed by atoms with Gasteiger partial charge in [-0.1, -0.05) is 226 Å². The van der Waals surface area contributed by atoms with Crippen molar-refractivity contribution in [1.82, 2.24) is 29.8 Å². The van der Waals surface area contributed by atoms with Crippen molar-refractivity contribution in [3.05, 3.63) is 146 Å². The van der Waals surface area contributed by atoms with E-state index in [4.69, 9.17) is 20.1 Å². The standard InChI is InChI=1S/C10H16N3O2.C8H14N3O.4C6H6.2C3H6O2.C2H4O2.3C2H6S.2C2H6.CH3Br.5CH4.B4.2Y/c1-9(15)13-6-10(7-13)12-4-2-11(8-14)3-5-12;12-7-10-1-3-11(4-2-10)8-5-9-6-8;4*1-2-4-6-5-3-1;2*1-3(5)2-4;1-2(3)4;3*1-3-2;3*1-2;;;;;;1-4(2)3;;/h10H,2-7H2,1H3;8-9H,1-6H2;4*1-6H;2*4H,2H2,1H3;1H3,(H,3,4);3*1-2H3;2*1-2H3;1H3;5*1H4;;;/q2*-1;;;;;;;;;;;;;;;;;;;;;. The van der Waals surface area contributed by atoms with Crippen LogP contribution in [0.5, 0.6) is 0 Å². The Labute approximate surface area is 635 Å². The number of Topliss-reactive ketones (excluding diaryl/α,β-unsaturated/α-hetero) is 2. The van der Waals surface area contributed by atoms with E-state index >= 15 is 0 Å². The van der Waals surface area contributed by atoms with Crippen LogP contribution in [0.25, 0.3) is 0 Å². The van der Waals surface area contributed by atoms with Gasteiger partial charge >= 0.3 is 0 Å². The first-order valence-electron chi connectivity index (χ1n) is 27.3. The van der Waals surface area contributed by atoms with Crippen molar-refractivity contribution in [1.29, 1.82) is 0 Å². The van der Waals surface area contributed by atoms with E-state index < -0.39 is 12.4 Å². The maximum absolute atomic E-state index is 11.0. The Kier molecular flexibility index (Phi) is 151. The maximum atomic E-state index is 11.0. The number of aliphatic hydroxyl groups excluding tert-OH is 2. The summed E-state index contributed by atoms with van der Waals surface area (Å²) in [7, 11) is 14.0. The van der Waals surface area contributed by atoms with E-state index in [2.05, 4.69) is 54.3 Å². The molecular weight excluding hydrogens is 1420 g/mol. The van der Waals surface area contributed by atoms with Gasteiger partial charge in [0.2, 0.25) is 5.91 Å². The number of carbonyl (C=O) groups is 4. The van der Waals surface area contributed by atoms with Gasteiger partial charge in [-0.2, -0.15) is 48.1 Å². The molecule has 15 nitrogen and oxygen atoms in total. The van der Waals surface area contributed by atoms with Crippen LogP contribution < -0.4 is 5.32 Å². The Morgan fingerprint density at radius 1 is 0.462 bits per heavy atom. The molecule has 25 heteroatoms. The predicted octanol–water partition coefficient (Wildman–Crippen LogP) is 11.2. The molecule has 4 N–H and O–H groups in total. The zero-order valence-corrected chi connectivity index (χ0v) is 64.2. The molecular formula is C66H123B4BrN6O9S3Y2-2. The van der Waals surface area contributed by atoms with Crippen LogP contribution in [0, 0.1) is 0 Å². The molecule has 0 atom stereocenters. The minimum Gasteiger partial charge on any atom is -0.520 e. The van der Waals surface area contributed by atoms with Gasteiger partial charge in [-0.05, 0) is 57.2 Å². The third-order valence-corrected chi connectivity index (χ3v) is 9.10. The smallest absolute Gasteiger partial charge is 0.300 e. The molecule has 4 fully saturated rings. The number of aliphatic hydroxyl groups is 2. The van der Waals surface area contributed by atoms with Crippen LogP contribution in [0.2, 0.25) is 0 Å². The Morgan fingerprint density at radius 3 is 0.725 bits per heavy atom. The average molecular weight is 1540 g/mol.